The molecule has 2 amide bonds. The van der Waals surface area contributed by atoms with E-state index in [4.69, 9.17) is 0 Å². The van der Waals surface area contributed by atoms with Crippen LogP contribution in [0.25, 0.3) is 10.9 Å². The average molecular weight is 273 g/mol. The molecule has 2 aromatic rings. The van der Waals surface area contributed by atoms with Gasteiger partial charge >= 0.3 is 0 Å². The van der Waals surface area contributed by atoms with E-state index in [0.717, 1.165) is 0 Å². The highest BCUT2D eigenvalue weighted by Gasteiger charge is 2.10. The fourth-order valence-electron chi connectivity index (χ4n) is 1.90. The highest BCUT2D eigenvalue weighted by Crippen LogP contribution is 2.14. The number of rotatable bonds is 4. The van der Waals surface area contributed by atoms with Crippen LogP contribution in [-0.4, -0.2) is 29.9 Å². The number of amides is 2. The first-order valence-corrected chi connectivity index (χ1v) is 6.22. The number of para-hydroxylation sites is 1. The normalized spacial score (nSPS) is 10.2. The Hall–Kier alpha value is -2.63. The molecule has 0 bridgehead atoms. The lowest BCUT2D eigenvalue weighted by Crippen LogP contribution is -2.34. The number of carbonyl (C=O) groups excluding carboxylic acids is 2. The van der Waals surface area contributed by atoms with Crippen LogP contribution in [0.3, 0.4) is 0 Å². The van der Waals surface area contributed by atoms with Crippen molar-refractivity contribution in [3.8, 4) is 0 Å². The van der Waals surface area contributed by atoms with Crippen molar-refractivity contribution < 1.29 is 9.59 Å². The summed E-state index contributed by atoms with van der Waals surface area (Å²) in [6, 6.07) is 8.38. The lowest BCUT2D eigenvalue weighted by Gasteiger charge is -2.08. The minimum Gasteiger partial charge on any atom is -0.355 e. The van der Waals surface area contributed by atoms with E-state index < -0.39 is 0 Å². The molecule has 6 nitrogen and oxygen atoms in total. The molecule has 0 atom stereocenters. The van der Waals surface area contributed by atoms with Crippen molar-refractivity contribution in [1.29, 1.82) is 0 Å². The lowest BCUT2D eigenvalue weighted by molar-refractivity contribution is -0.118. The zero-order valence-electron chi connectivity index (χ0n) is 11.0. The number of nitrogens with one attached hydrogen (secondary N) is 3. The molecule has 2 rings (SSSR count). The van der Waals surface area contributed by atoms with Crippen LogP contribution >= 0.6 is 0 Å². The molecule has 0 unspecified atom stereocenters. The topological polar surface area (TPSA) is 91.1 Å². The summed E-state index contributed by atoms with van der Waals surface area (Å²) in [5, 5.41) is 5.93. The lowest BCUT2D eigenvalue weighted by atomic mass is 10.1. The summed E-state index contributed by atoms with van der Waals surface area (Å²) in [6.45, 7) is 2.06. The summed E-state index contributed by atoms with van der Waals surface area (Å²) < 4.78 is 0. The first kappa shape index (κ1) is 13.8. The van der Waals surface area contributed by atoms with Gasteiger partial charge in [0.2, 0.25) is 11.5 Å². The van der Waals surface area contributed by atoms with Crippen LogP contribution in [-0.2, 0) is 4.79 Å². The Labute approximate surface area is 115 Å². The zero-order chi connectivity index (χ0) is 14.5. The number of benzene rings is 1. The van der Waals surface area contributed by atoms with Crippen molar-refractivity contribution in [3.63, 3.8) is 0 Å². The molecule has 1 aromatic carbocycles. The molecule has 104 valence electrons. The Balaban J connectivity index is 2.17. The largest absolute Gasteiger partial charge is 0.355 e. The van der Waals surface area contributed by atoms with Crippen LogP contribution in [0.4, 0.5) is 0 Å². The number of pyridine rings is 1. The minimum absolute atomic E-state index is 0.152. The van der Waals surface area contributed by atoms with Gasteiger partial charge in [0.25, 0.3) is 5.91 Å². The molecule has 1 aromatic heterocycles. The molecule has 0 radical (unpaired) electrons. The van der Waals surface area contributed by atoms with Crippen LogP contribution < -0.4 is 16.2 Å². The summed E-state index contributed by atoms with van der Waals surface area (Å²) in [5.74, 6) is -0.487. The second kappa shape index (κ2) is 6.01. The second-order valence-electron chi connectivity index (χ2n) is 4.33. The van der Waals surface area contributed by atoms with Crippen LogP contribution in [0.15, 0.2) is 35.1 Å². The van der Waals surface area contributed by atoms with Gasteiger partial charge < -0.3 is 15.6 Å². The van der Waals surface area contributed by atoms with Crippen LogP contribution in [0, 0.1) is 0 Å². The van der Waals surface area contributed by atoms with E-state index >= 15 is 0 Å². The van der Waals surface area contributed by atoms with Gasteiger partial charge in [0.05, 0.1) is 5.56 Å². The zero-order valence-corrected chi connectivity index (χ0v) is 11.0. The third kappa shape index (κ3) is 3.23. The molecular weight excluding hydrogens is 258 g/mol. The predicted octanol–water partition coefficient (Wildman–Crippen LogP) is 0.394. The van der Waals surface area contributed by atoms with Crippen LogP contribution in [0.5, 0.6) is 0 Å². The first-order chi connectivity index (χ1) is 9.58. The molecule has 0 fully saturated rings. The SMILES string of the molecule is CC(=O)NCCNC(=O)c1cc(=O)[nH]c2ccccc12. The van der Waals surface area contributed by atoms with E-state index in [9.17, 15) is 14.4 Å². The van der Waals surface area contributed by atoms with Crippen molar-refractivity contribution in [2.24, 2.45) is 0 Å². The highest BCUT2D eigenvalue weighted by atomic mass is 16.2. The molecule has 20 heavy (non-hydrogen) atoms. The van der Waals surface area contributed by atoms with Gasteiger partial charge in [-0.05, 0) is 6.07 Å². The maximum atomic E-state index is 12.1. The Morgan fingerprint density at radius 3 is 2.60 bits per heavy atom. The van der Waals surface area contributed by atoms with Gasteiger partial charge in [-0.1, -0.05) is 18.2 Å². The van der Waals surface area contributed by atoms with E-state index in [0.29, 0.717) is 29.6 Å². The Kier molecular flexibility index (Phi) is 4.14. The quantitative estimate of drug-likeness (QED) is 0.704. The molecule has 1 heterocycles. The molecular formula is C14H15N3O3. The Morgan fingerprint density at radius 2 is 1.85 bits per heavy atom. The van der Waals surface area contributed by atoms with Crippen LogP contribution in [0.2, 0.25) is 0 Å². The second-order valence-corrected chi connectivity index (χ2v) is 4.33. The summed E-state index contributed by atoms with van der Waals surface area (Å²) >= 11 is 0. The summed E-state index contributed by atoms with van der Waals surface area (Å²) in [6.07, 6.45) is 0. The van der Waals surface area contributed by atoms with E-state index in [1.165, 1.54) is 13.0 Å². The van der Waals surface area contributed by atoms with Crippen LogP contribution in [0.1, 0.15) is 17.3 Å². The first-order valence-electron chi connectivity index (χ1n) is 6.22. The van der Waals surface area contributed by atoms with Gasteiger partial charge in [0.15, 0.2) is 0 Å². The fourth-order valence-corrected chi connectivity index (χ4v) is 1.90. The number of hydrogen-bond donors (Lipinski definition) is 3. The maximum absolute atomic E-state index is 12.1. The molecule has 0 saturated carbocycles. The number of fused-ring (bicyclic) bond motifs is 1. The molecule has 6 heteroatoms. The molecule has 0 aliphatic rings. The van der Waals surface area contributed by atoms with Gasteiger partial charge in [-0.15, -0.1) is 0 Å². The monoisotopic (exact) mass is 273 g/mol. The van der Waals surface area contributed by atoms with Gasteiger partial charge in [0, 0.05) is 37.0 Å². The molecule has 3 N–H and O–H groups in total. The fraction of sp³-hybridized carbons (Fsp3) is 0.214. The van der Waals surface area contributed by atoms with Crippen molar-refractivity contribution in [2.45, 2.75) is 6.92 Å². The number of H-pyrrole nitrogens is 1. The standard InChI is InChI=1S/C14H15N3O3/c1-9(18)15-6-7-16-14(20)11-8-13(19)17-12-5-3-2-4-10(11)12/h2-5,8H,6-7H2,1H3,(H,15,18)(H,16,20)(H,17,19). The van der Waals surface area contributed by atoms with E-state index in [1.807, 2.05) is 0 Å². The van der Waals surface area contributed by atoms with Crippen molar-refractivity contribution in [1.82, 2.24) is 15.6 Å². The third-order valence-corrected chi connectivity index (χ3v) is 2.78. The van der Waals surface area contributed by atoms with E-state index in [2.05, 4.69) is 15.6 Å². The smallest absolute Gasteiger partial charge is 0.252 e. The number of aromatic nitrogens is 1. The number of aromatic amines is 1. The van der Waals surface area contributed by atoms with Gasteiger partial charge in [-0.2, -0.15) is 0 Å². The molecule has 0 aliphatic heterocycles. The summed E-state index contributed by atoms with van der Waals surface area (Å²) in [7, 11) is 0. The van der Waals surface area contributed by atoms with Gasteiger partial charge in [-0.3, -0.25) is 14.4 Å². The maximum Gasteiger partial charge on any atom is 0.252 e. The van der Waals surface area contributed by atoms with Crippen molar-refractivity contribution in [3.05, 3.63) is 46.2 Å². The Morgan fingerprint density at radius 1 is 1.15 bits per heavy atom. The Bertz CT molecular complexity index is 706. The van der Waals surface area contributed by atoms with Crippen molar-refractivity contribution in [2.75, 3.05) is 13.1 Å². The number of hydrogen-bond acceptors (Lipinski definition) is 3. The summed E-state index contributed by atoms with van der Waals surface area (Å²) in [5.41, 5.74) is 0.620. The van der Waals surface area contributed by atoms with Crippen molar-refractivity contribution >= 4 is 22.7 Å². The number of carbonyl (C=O) groups is 2. The van der Waals surface area contributed by atoms with Gasteiger partial charge in [-0.25, -0.2) is 0 Å². The van der Waals surface area contributed by atoms with E-state index in [-0.39, 0.29) is 17.4 Å². The summed E-state index contributed by atoms with van der Waals surface area (Å²) in [4.78, 5) is 37.0. The molecule has 0 saturated heterocycles. The molecule has 0 spiro atoms. The minimum atomic E-state index is -0.336. The highest BCUT2D eigenvalue weighted by molar-refractivity contribution is 6.05. The van der Waals surface area contributed by atoms with Gasteiger partial charge in [0.1, 0.15) is 0 Å². The third-order valence-electron chi connectivity index (χ3n) is 2.78. The van der Waals surface area contributed by atoms with E-state index in [1.54, 1.807) is 24.3 Å². The predicted molar refractivity (Wildman–Crippen MR) is 75.6 cm³/mol. The molecule has 0 aliphatic carbocycles. The average Bonchev–Trinajstić information content (AvgIpc) is 2.42.